The minimum atomic E-state index is -1.34. The fourth-order valence-corrected chi connectivity index (χ4v) is 8.68. The van der Waals surface area contributed by atoms with Crippen LogP contribution in [0.2, 0.25) is 0 Å². The summed E-state index contributed by atoms with van der Waals surface area (Å²) in [5.41, 5.74) is -4.15. The third-order valence-electron chi connectivity index (χ3n) is 9.60. The van der Waals surface area contributed by atoms with Crippen LogP contribution in [0.4, 0.5) is 0 Å². The molecule has 8 atom stereocenters. The van der Waals surface area contributed by atoms with Crippen molar-refractivity contribution in [3.63, 3.8) is 0 Å². The third-order valence-corrected chi connectivity index (χ3v) is 9.60. The number of rotatable bonds is 2. The highest BCUT2D eigenvalue weighted by Gasteiger charge is 2.89. The lowest BCUT2D eigenvalue weighted by Gasteiger charge is -2.46. The third kappa shape index (κ3) is 1.70. The lowest BCUT2D eigenvalue weighted by Crippen LogP contribution is -2.52. The molecule has 0 aromatic carbocycles. The molecule has 4 saturated carbocycles. The van der Waals surface area contributed by atoms with E-state index >= 15 is 0 Å². The number of hydrogen-bond donors (Lipinski definition) is 0. The van der Waals surface area contributed by atoms with Gasteiger partial charge in [-0.1, -0.05) is 0 Å². The van der Waals surface area contributed by atoms with E-state index in [2.05, 4.69) is 0 Å². The standard InChI is InChI=1S/C22H26O8/c1-11(23)29-20-6-4-12-19(8-20,9-21(20)10-28-21)14(16(25)27-3)15-18(2)13(24)5-7-22(12,15)30-17(18)26/h12,14-15H,4-10H2,1-3H3/t12?,14-,15?,18+,19-,20+,21-,22-/m1/s1. The number of epoxide rings is 1. The molecule has 2 spiro atoms. The normalized spacial score (nSPS) is 54.4. The maximum Gasteiger partial charge on any atom is 0.320 e. The molecule has 2 unspecified atom stereocenters. The van der Waals surface area contributed by atoms with Crippen LogP contribution < -0.4 is 0 Å². The van der Waals surface area contributed by atoms with E-state index in [0.29, 0.717) is 38.7 Å². The second-order valence-electron chi connectivity index (χ2n) is 10.5. The first-order valence-corrected chi connectivity index (χ1v) is 10.8. The molecule has 2 heterocycles. The lowest BCUT2D eigenvalue weighted by molar-refractivity contribution is -0.174. The SMILES string of the molecule is COC(=O)[C@H]1C2[C@]3(C)C(=O)CC[C@@]2(OC3=O)C2CC[C@]3(OC(C)=O)C[C@@]21C[C@@]31CO1. The highest BCUT2D eigenvalue weighted by atomic mass is 16.6. The number of hydrogen-bond acceptors (Lipinski definition) is 8. The Hall–Kier alpha value is -1.96. The fourth-order valence-electron chi connectivity index (χ4n) is 8.68. The van der Waals surface area contributed by atoms with E-state index in [-0.39, 0.29) is 24.1 Å². The van der Waals surface area contributed by atoms with E-state index in [4.69, 9.17) is 18.9 Å². The van der Waals surface area contributed by atoms with Crippen LogP contribution >= 0.6 is 0 Å². The van der Waals surface area contributed by atoms with Gasteiger partial charge in [-0.2, -0.15) is 0 Å². The predicted molar refractivity (Wildman–Crippen MR) is 97.7 cm³/mol. The first-order valence-electron chi connectivity index (χ1n) is 10.8. The Balaban J connectivity index is 1.56. The van der Waals surface area contributed by atoms with Crippen LogP contribution in [-0.2, 0) is 38.1 Å². The van der Waals surface area contributed by atoms with Crippen molar-refractivity contribution in [1.29, 1.82) is 0 Å². The molecule has 6 aliphatic rings. The van der Waals surface area contributed by atoms with Crippen LogP contribution in [0.3, 0.4) is 0 Å². The van der Waals surface area contributed by atoms with Gasteiger partial charge in [0.25, 0.3) is 0 Å². The van der Waals surface area contributed by atoms with Crippen molar-refractivity contribution in [3.05, 3.63) is 0 Å². The van der Waals surface area contributed by atoms with Crippen LogP contribution in [0.1, 0.15) is 52.4 Å². The molecule has 162 valence electrons. The van der Waals surface area contributed by atoms with Crippen molar-refractivity contribution in [2.75, 3.05) is 13.7 Å². The summed E-state index contributed by atoms with van der Waals surface area (Å²) < 4.78 is 23.2. The Morgan fingerprint density at radius 3 is 2.53 bits per heavy atom. The van der Waals surface area contributed by atoms with Crippen LogP contribution in [0.5, 0.6) is 0 Å². The number of carbonyl (C=O) groups excluding carboxylic acids is 4. The van der Waals surface area contributed by atoms with Crippen molar-refractivity contribution in [2.45, 2.75) is 69.2 Å². The first-order chi connectivity index (χ1) is 14.1. The predicted octanol–water partition coefficient (Wildman–Crippen LogP) is 1.33. The number of carbonyl (C=O) groups is 4. The van der Waals surface area contributed by atoms with Crippen LogP contribution in [-0.4, -0.2) is 54.2 Å². The summed E-state index contributed by atoms with van der Waals surface area (Å²) in [6.07, 6.45) is 2.99. The second kappa shape index (κ2) is 5.09. The van der Waals surface area contributed by atoms with Gasteiger partial charge in [0.1, 0.15) is 22.2 Å². The molecule has 6 rings (SSSR count). The number of methoxy groups -OCH3 is 1. The smallest absolute Gasteiger partial charge is 0.320 e. The van der Waals surface area contributed by atoms with Crippen molar-refractivity contribution >= 4 is 23.7 Å². The first kappa shape index (κ1) is 18.8. The van der Waals surface area contributed by atoms with Gasteiger partial charge in [-0.15, -0.1) is 0 Å². The van der Waals surface area contributed by atoms with E-state index < -0.39 is 51.4 Å². The maximum absolute atomic E-state index is 13.3. The quantitative estimate of drug-likeness (QED) is 0.286. The molecule has 0 amide bonds. The lowest BCUT2D eigenvalue weighted by atomic mass is 9.59. The number of ketones is 1. The fraction of sp³-hybridized carbons (Fsp3) is 0.818. The zero-order valence-corrected chi connectivity index (χ0v) is 17.4. The highest BCUT2D eigenvalue weighted by Crippen LogP contribution is 2.80. The van der Waals surface area contributed by atoms with Gasteiger partial charge >= 0.3 is 17.9 Å². The molecule has 4 bridgehead atoms. The van der Waals surface area contributed by atoms with Crippen LogP contribution in [0, 0.1) is 28.6 Å². The summed E-state index contributed by atoms with van der Waals surface area (Å²) in [7, 11) is 1.34. The van der Waals surface area contributed by atoms with Gasteiger partial charge in [-0.3, -0.25) is 19.2 Å². The van der Waals surface area contributed by atoms with Gasteiger partial charge in [0.2, 0.25) is 0 Å². The molecule has 0 aromatic heterocycles. The monoisotopic (exact) mass is 418 g/mol. The second-order valence-corrected chi connectivity index (χ2v) is 10.5. The van der Waals surface area contributed by atoms with Crippen molar-refractivity contribution in [1.82, 2.24) is 0 Å². The van der Waals surface area contributed by atoms with Crippen molar-refractivity contribution < 1.29 is 38.1 Å². The molecular weight excluding hydrogens is 392 g/mol. The van der Waals surface area contributed by atoms with Crippen LogP contribution in [0.25, 0.3) is 0 Å². The van der Waals surface area contributed by atoms with Gasteiger partial charge in [0, 0.05) is 25.2 Å². The number of fused-ring (bicyclic) bond motifs is 2. The molecule has 6 fully saturated rings. The van der Waals surface area contributed by atoms with Crippen LogP contribution in [0.15, 0.2) is 0 Å². The minimum Gasteiger partial charge on any atom is -0.469 e. The molecule has 0 N–H and O–H groups in total. The maximum atomic E-state index is 13.3. The average molecular weight is 418 g/mol. The number of Topliss-reactive ketones (excluding diaryl/α,β-unsaturated/α-hetero) is 1. The summed E-state index contributed by atoms with van der Waals surface area (Å²) in [5.74, 6) is -2.77. The number of ether oxygens (including phenoxy) is 4. The Bertz CT molecular complexity index is 922. The minimum absolute atomic E-state index is 0.0924. The molecule has 8 nitrogen and oxygen atoms in total. The summed E-state index contributed by atoms with van der Waals surface area (Å²) >= 11 is 0. The molecule has 4 aliphatic carbocycles. The van der Waals surface area contributed by atoms with E-state index in [1.807, 2.05) is 0 Å². The van der Waals surface area contributed by atoms with E-state index in [1.54, 1.807) is 6.92 Å². The highest BCUT2D eigenvalue weighted by molar-refractivity contribution is 6.07. The molecule has 2 aliphatic heterocycles. The van der Waals surface area contributed by atoms with Gasteiger partial charge in [0.05, 0.1) is 19.6 Å². The summed E-state index contributed by atoms with van der Waals surface area (Å²) in [5, 5.41) is 0. The molecule has 0 aromatic rings. The van der Waals surface area contributed by atoms with Crippen molar-refractivity contribution in [2.24, 2.45) is 28.6 Å². The van der Waals surface area contributed by atoms with Gasteiger partial charge in [-0.05, 0) is 44.4 Å². The zero-order valence-electron chi connectivity index (χ0n) is 17.4. The topological polar surface area (TPSA) is 109 Å². The van der Waals surface area contributed by atoms with E-state index in [0.717, 1.165) is 0 Å². The molecule has 30 heavy (non-hydrogen) atoms. The Morgan fingerprint density at radius 2 is 1.90 bits per heavy atom. The Labute approximate surface area is 173 Å². The zero-order chi connectivity index (χ0) is 21.3. The molecular formula is C22H26O8. The summed E-state index contributed by atoms with van der Waals surface area (Å²) in [6.45, 7) is 3.53. The Kier molecular flexibility index (Phi) is 3.18. The van der Waals surface area contributed by atoms with Crippen molar-refractivity contribution in [3.8, 4) is 0 Å². The van der Waals surface area contributed by atoms with E-state index in [1.165, 1.54) is 14.0 Å². The van der Waals surface area contributed by atoms with Gasteiger partial charge < -0.3 is 18.9 Å². The van der Waals surface area contributed by atoms with E-state index in [9.17, 15) is 19.2 Å². The number of esters is 3. The molecule has 8 heteroatoms. The summed E-state index contributed by atoms with van der Waals surface area (Å²) in [4.78, 5) is 51.3. The Morgan fingerprint density at radius 1 is 1.17 bits per heavy atom. The van der Waals surface area contributed by atoms with Gasteiger partial charge in [0.15, 0.2) is 5.78 Å². The molecule has 2 saturated heterocycles. The average Bonchev–Trinajstić information content (AvgIpc) is 3.34. The molecule has 0 radical (unpaired) electrons. The largest absolute Gasteiger partial charge is 0.469 e. The van der Waals surface area contributed by atoms with Gasteiger partial charge in [-0.25, -0.2) is 0 Å². The summed E-state index contributed by atoms with van der Waals surface area (Å²) in [6, 6.07) is 0.